The predicted molar refractivity (Wildman–Crippen MR) is 129 cm³/mol. The molecule has 32 heavy (non-hydrogen) atoms. The van der Waals surface area contributed by atoms with Crippen molar-refractivity contribution in [3.05, 3.63) is 58.6 Å². The smallest absolute Gasteiger partial charge is 0.237 e. The van der Waals surface area contributed by atoms with Gasteiger partial charge in [-0.2, -0.15) is 0 Å². The summed E-state index contributed by atoms with van der Waals surface area (Å²) in [6.07, 6.45) is 2.11. The first kappa shape index (κ1) is 21.6. The average Bonchev–Trinajstić information content (AvgIpc) is 3.49. The Morgan fingerprint density at radius 1 is 1.12 bits per heavy atom. The number of piperazine rings is 1. The summed E-state index contributed by atoms with van der Waals surface area (Å²) in [6, 6.07) is 14.7. The molecule has 2 bridgehead atoms. The maximum atomic E-state index is 13.1. The minimum absolute atomic E-state index is 0.262. The lowest BCUT2D eigenvalue weighted by Crippen LogP contribution is -2.51. The fourth-order valence-corrected chi connectivity index (χ4v) is 5.95. The molecule has 0 aromatic heterocycles. The van der Waals surface area contributed by atoms with Gasteiger partial charge in [0, 0.05) is 36.4 Å². The maximum Gasteiger partial charge on any atom is 0.237 e. The second kappa shape index (κ2) is 8.60. The summed E-state index contributed by atoms with van der Waals surface area (Å²) >= 11 is 6.18. The highest BCUT2D eigenvalue weighted by molar-refractivity contribution is 6.30. The van der Waals surface area contributed by atoms with Crippen LogP contribution in [0.1, 0.15) is 49.7 Å². The molecule has 0 radical (unpaired) electrons. The number of fused-ring (bicyclic) bond motifs is 2. The molecule has 0 aliphatic carbocycles. The summed E-state index contributed by atoms with van der Waals surface area (Å²) in [4.78, 5) is 19.9. The summed E-state index contributed by atoms with van der Waals surface area (Å²) in [7, 11) is 0. The molecule has 170 valence electrons. The number of hydrogen-bond donors (Lipinski definition) is 1. The molecule has 6 heteroatoms. The number of amides is 1. The van der Waals surface area contributed by atoms with Crippen LogP contribution in [0, 0.1) is 0 Å². The number of phenols is 1. The third-order valence-corrected chi connectivity index (χ3v) is 7.71. The Hall–Kier alpha value is -2.24. The van der Waals surface area contributed by atoms with Gasteiger partial charge in [-0.15, -0.1) is 0 Å². The molecule has 2 aromatic carbocycles. The van der Waals surface area contributed by atoms with Crippen molar-refractivity contribution in [2.24, 2.45) is 0 Å². The molecule has 3 atom stereocenters. The van der Waals surface area contributed by atoms with Crippen molar-refractivity contribution in [3.8, 4) is 5.75 Å². The number of nitrogens with zero attached hydrogens (tertiary/aromatic N) is 3. The Morgan fingerprint density at radius 2 is 1.97 bits per heavy atom. The predicted octanol–water partition coefficient (Wildman–Crippen LogP) is 4.45. The van der Waals surface area contributed by atoms with E-state index < -0.39 is 0 Å². The number of phenolic OH excluding ortho intramolecular Hbond substituents is 1. The maximum absolute atomic E-state index is 13.1. The largest absolute Gasteiger partial charge is 0.508 e. The molecule has 1 N–H and O–H groups in total. The highest BCUT2D eigenvalue weighted by Crippen LogP contribution is 2.36. The molecule has 0 saturated carbocycles. The van der Waals surface area contributed by atoms with E-state index >= 15 is 0 Å². The van der Waals surface area contributed by atoms with E-state index in [1.165, 1.54) is 5.56 Å². The molecule has 2 aromatic rings. The third-order valence-electron chi connectivity index (χ3n) is 7.48. The first-order valence-electron chi connectivity index (χ1n) is 11.8. The van der Waals surface area contributed by atoms with E-state index in [1.807, 2.05) is 30.3 Å². The van der Waals surface area contributed by atoms with Crippen LogP contribution in [-0.2, 0) is 4.79 Å². The first-order chi connectivity index (χ1) is 15.4. The lowest BCUT2D eigenvalue weighted by atomic mass is 9.92. The van der Waals surface area contributed by atoms with Gasteiger partial charge in [-0.25, -0.2) is 0 Å². The van der Waals surface area contributed by atoms with Crippen LogP contribution >= 0.6 is 11.6 Å². The minimum atomic E-state index is 0.262. The summed E-state index contributed by atoms with van der Waals surface area (Å²) in [5.41, 5.74) is 3.45. The van der Waals surface area contributed by atoms with Crippen LogP contribution in [0.25, 0.3) is 0 Å². The number of rotatable bonds is 5. The van der Waals surface area contributed by atoms with Gasteiger partial charge in [0.05, 0.1) is 12.6 Å². The fraction of sp³-hybridized carbons (Fsp3) is 0.500. The zero-order chi connectivity index (χ0) is 22.4. The van der Waals surface area contributed by atoms with Gasteiger partial charge in [-0.1, -0.05) is 43.6 Å². The SMILES string of the molecule is CC(C)c1cc(C2CCN(CC(=O)N3CC4CC3CN4c3cccc(Cl)c3)C2)ccc1O. The highest BCUT2D eigenvalue weighted by atomic mass is 35.5. The Bertz CT molecular complexity index is 1010. The van der Waals surface area contributed by atoms with Crippen molar-refractivity contribution in [2.75, 3.05) is 37.6 Å². The number of carbonyl (C=O) groups excluding carboxylic acids is 1. The van der Waals surface area contributed by atoms with Gasteiger partial charge >= 0.3 is 0 Å². The summed E-state index contributed by atoms with van der Waals surface area (Å²) in [5.74, 6) is 1.36. The van der Waals surface area contributed by atoms with Crippen molar-refractivity contribution < 1.29 is 9.90 Å². The number of hydrogen-bond acceptors (Lipinski definition) is 4. The number of benzene rings is 2. The zero-order valence-electron chi connectivity index (χ0n) is 18.9. The number of aromatic hydroxyl groups is 1. The van der Waals surface area contributed by atoms with Crippen molar-refractivity contribution in [1.29, 1.82) is 0 Å². The molecule has 3 fully saturated rings. The number of likely N-dealkylation sites (tertiary alicyclic amines) is 2. The summed E-state index contributed by atoms with van der Waals surface area (Å²) in [6.45, 7) is 8.28. The molecule has 3 aliphatic rings. The quantitative estimate of drug-likeness (QED) is 0.726. The number of halogens is 1. The van der Waals surface area contributed by atoms with Crippen LogP contribution in [0.15, 0.2) is 42.5 Å². The Balaban J connectivity index is 1.17. The number of carbonyl (C=O) groups is 1. The van der Waals surface area contributed by atoms with Crippen molar-refractivity contribution in [1.82, 2.24) is 9.80 Å². The van der Waals surface area contributed by atoms with Crippen LogP contribution in [0.5, 0.6) is 5.75 Å². The molecular formula is C26H32ClN3O2. The topological polar surface area (TPSA) is 47.0 Å². The minimum Gasteiger partial charge on any atom is -0.508 e. The molecule has 1 amide bonds. The van der Waals surface area contributed by atoms with Gasteiger partial charge < -0.3 is 14.9 Å². The molecule has 3 saturated heterocycles. The van der Waals surface area contributed by atoms with Crippen LogP contribution in [0.3, 0.4) is 0 Å². The molecule has 3 unspecified atom stereocenters. The lowest BCUT2D eigenvalue weighted by molar-refractivity contribution is -0.133. The highest BCUT2D eigenvalue weighted by Gasteiger charge is 2.45. The molecule has 0 spiro atoms. The van der Waals surface area contributed by atoms with E-state index in [1.54, 1.807) is 0 Å². The van der Waals surface area contributed by atoms with Gasteiger partial charge in [0.25, 0.3) is 0 Å². The van der Waals surface area contributed by atoms with Crippen LogP contribution in [0.4, 0.5) is 5.69 Å². The normalized spacial score (nSPS) is 25.3. The molecule has 3 aliphatic heterocycles. The average molecular weight is 454 g/mol. The summed E-state index contributed by atoms with van der Waals surface area (Å²) in [5, 5.41) is 10.9. The van der Waals surface area contributed by atoms with E-state index in [-0.39, 0.29) is 5.91 Å². The van der Waals surface area contributed by atoms with E-state index in [0.717, 1.165) is 55.3 Å². The van der Waals surface area contributed by atoms with Crippen LogP contribution in [-0.4, -0.2) is 65.6 Å². The third kappa shape index (κ3) is 4.08. The van der Waals surface area contributed by atoms with Crippen molar-refractivity contribution in [3.63, 3.8) is 0 Å². The fourth-order valence-electron chi connectivity index (χ4n) is 5.76. The van der Waals surface area contributed by atoms with Crippen molar-refractivity contribution >= 4 is 23.2 Å². The standard InChI is InChI=1S/C26H32ClN3O2/c1-17(2)24-10-18(6-7-25(24)31)19-8-9-28(13-19)16-26(32)30-15-22-12-23(30)14-29(22)21-5-3-4-20(27)11-21/h3-7,10-11,17,19,22-23,31H,8-9,12-16H2,1-2H3. The first-order valence-corrected chi connectivity index (χ1v) is 12.1. The monoisotopic (exact) mass is 453 g/mol. The van der Waals surface area contributed by atoms with Gasteiger partial charge in [0.15, 0.2) is 0 Å². The molecular weight excluding hydrogens is 422 g/mol. The van der Waals surface area contributed by atoms with Crippen LogP contribution < -0.4 is 4.90 Å². The van der Waals surface area contributed by atoms with Gasteiger partial charge in [0.2, 0.25) is 5.91 Å². The van der Waals surface area contributed by atoms with Crippen molar-refractivity contribution in [2.45, 2.75) is 50.6 Å². The second-order valence-electron chi connectivity index (χ2n) is 9.92. The Morgan fingerprint density at radius 3 is 2.69 bits per heavy atom. The zero-order valence-corrected chi connectivity index (χ0v) is 19.6. The second-order valence-corrected chi connectivity index (χ2v) is 10.4. The van der Waals surface area contributed by atoms with Crippen LogP contribution in [0.2, 0.25) is 5.02 Å². The lowest BCUT2D eigenvalue weighted by Gasteiger charge is -2.36. The Kier molecular flexibility index (Phi) is 5.81. The van der Waals surface area contributed by atoms with E-state index in [9.17, 15) is 9.90 Å². The van der Waals surface area contributed by atoms with E-state index in [2.05, 4.69) is 40.7 Å². The molecule has 5 nitrogen and oxygen atoms in total. The van der Waals surface area contributed by atoms with Gasteiger partial charge in [-0.05, 0) is 66.6 Å². The molecule has 3 heterocycles. The molecule has 5 rings (SSSR count). The van der Waals surface area contributed by atoms with Gasteiger partial charge in [0.1, 0.15) is 5.75 Å². The summed E-state index contributed by atoms with van der Waals surface area (Å²) < 4.78 is 0. The number of anilines is 1. The van der Waals surface area contributed by atoms with E-state index in [0.29, 0.717) is 36.2 Å². The van der Waals surface area contributed by atoms with E-state index in [4.69, 9.17) is 11.6 Å². The Labute approximate surface area is 195 Å². The van der Waals surface area contributed by atoms with Gasteiger partial charge in [-0.3, -0.25) is 9.69 Å².